The van der Waals surface area contributed by atoms with Gasteiger partial charge in [-0.2, -0.15) is 0 Å². The molecule has 9 heteroatoms. The second-order valence-corrected chi connectivity index (χ2v) is 11.5. The highest BCUT2D eigenvalue weighted by molar-refractivity contribution is 6.44. The van der Waals surface area contributed by atoms with Crippen molar-refractivity contribution < 1.29 is 37.7 Å². The summed E-state index contributed by atoms with van der Waals surface area (Å²) in [6.45, 7) is 6.64. The maximum atomic E-state index is 17.3. The Bertz CT molecular complexity index is 1010. The molecule has 1 aliphatic heterocycles. The quantitative estimate of drug-likeness (QED) is 0.571. The number of carbonyl (C=O) groups excluding carboxylic acids is 2. The molecule has 3 saturated carbocycles. The summed E-state index contributed by atoms with van der Waals surface area (Å²) >= 11 is 6.09. The minimum atomic E-state index is -2.31. The Morgan fingerprint density at radius 2 is 1.91 bits per heavy atom. The Morgan fingerprint density at radius 1 is 1.24 bits per heavy atom. The topological polar surface area (TPSA) is 82.1 Å². The van der Waals surface area contributed by atoms with Crippen LogP contribution in [-0.2, 0) is 23.8 Å². The zero-order valence-corrected chi connectivity index (χ0v) is 20.0. The highest BCUT2D eigenvalue weighted by Gasteiger charge is 2.81. The van der Waals surface area contributed by atoms with Crippen LogP contribution in [0.5, 0.6) is 0 Å². The molecule has 0 bridgehead atoms. The van der Waals surface area contributed by atoms with Gasteiger partial charge in [-0.1, -0.05) is 18.5 Å². The maximum Gasteiger partial charge on any atom is 0.341 e. The highest BCUT2D eigenvalue weighted by atomic mass is 35.5. The SMILES string of the molecule is COC(=O)[C@@]12OC(C)(C)O[C@@H]1C[C@H]1[C@@H]3C[C@H](F)C4=CC(=O)C(Cl)=C[C@]4(C)[C@@]3(F)[C@@H](O)C[C@@]12C. The molecule has 4 aliphatic carbocycles. The van der Waals surface area contributed by atoms with Crippen LogP contribution in [0.3, 0.4) is 0 Å². The summed E-state index contributed by atoms with van der Waals surface area (Å²) in [6.07, 6.45) is -1.72. The molecule has 0 radical (unpaired) electrons. The summed E-state index contributed by atoms with van der Waals surface area (Å²) in [5, 5.41) is 11.2. The molecular formula is C24H29ClF2O6. The van der Waals surface area contributed by atoms with Gasteiger partial charge >= 0.3 is 5.97 Å². The first-order valence-electron chi connectivity index (χ1n) is 11.3. The summed E-state index contributed by atoms with van der Waals surface area (Å²) < 4.78 is 50.3. The smallest absolute Gasteiger partial charge is 0.341 e. The number of carbonyl (C=O) groups is 2. The standard InChI is InChI=1S/C24H29ClF2O6/c1-20(2)32-18-8-11-12-6-15(26)13-7-16(28)14(25)9-21(13,3)23(12,27)17(29)10-22(11,4)24(18,33-20)19(30)31-5/h7,9,11-12,15,17-18,29H,6,8,10H2,1-5H3/t11-,12-,15-,17-,18+,21-,22-,23-,24-/m0/s1. The van der Waals surface area contributed by atoms with Gasteiger partial charge in [0, 0.05) is 16.7 Å². The number of esters is 1. The van der Waals surface area contributed by atoms with Gasteiger partial charge in [0.15, 0.2) is 22.8 Å². The molecule has 6 nitrogen and oxygen atoms in total. The fourth-order valence-electron chi connectivity index (χ4n) is 7.86. The van der Waals surface area contributed by atoms with Crippen molar-refractivity contribution in [2.45, 2.75) is 82.4 Å². The van der Waals surface area contributed by atoms with E-state index >= 15 is 8.78 Å². The lowest BCUT2D eigenvalue weighted by atomic mass is 9.44. The molecule has 9 atom stereocenters. The molecule has 0 aromatic heterocycles. The minimum Gasteiger partial charge on any atom is -0.467 e. The van der Waals surface area contributed by atoms with Crippen LogP contribution in [0.2, 0.25) is 0 Å². The van der Waals surface area contributed by atoms with Crippen LogP contribution < -0.4 is 0 Å². The number of rotatable bonds is 1. The lowest BCUT2D eigenvalue weighted by Gasteiger charge is -2.63. The number of ketones is 1. The van der Waals surface area contributed by atoms with Gasteiger partial charge in [-0.25, -0.2) is 13.6 Å². The number of hydrogen-bond donors (Lipinski definition) is 1. The maximum absolute atomic E-state index is 17.3. The van der Waals surface area contributed by atoms with E-state index in [-0.39, 0.29) is 29.9 Å². The average molecular weight is 487 g/mol. The Hall–Kier alpha value is -1.35. The number of alkyl halides is 2. The van der Waals surface area contributed by atoms with Crippen molar-refractivity contribution in [3.05, 3.63) is 22.8 Å². The van der Waals surface area contributed by atoms with Crippen molar-refractivity contribution in [2.24, 2.45) is 22.7 Å². The lowest BCUT2D eigenvalue weighted by Crippen LogP contribution is -2.71. The predicted octanol–water partition coefficient (Wildman–Crippen LogP) is 3.54. The first kappa shape index (κ1) is 23.4. The third kappa shape index (κ3) is 2.53. The third-order valence-corrected chi connectivity index (χ3v) is 9.46. The molecule has 182 valence electrons. The van der Waals surface area contributed by atoms with Gasteiger partial charge in [0.2, 0.25) is 0 Å². The first-order valence-corrected chi connectivity index (χ1v) is 11.7. The van der Waals surface area contributed by atoms with Gasteiger partial charge in [-0.05, 0) is 63.7 Å². The molecule has 1 heterocycles. The Morgan fingerprint density at radius 3 is 2.55 bits per heavy atom. The van der Waals surface area contributed by atoms with Gasteiger partial charge in [0.1, 0.15) is 12.3 Å². The number of ether oxygens (including phenoxy) is 3. The largest absolute Gasteiger partial charge is 0.467 e. The van der Waals surface area contributed by atoms with E-state index in [4.69, 9.17) is 25.8 Å². The Balaban J connectivity index is 1.67. The normalized spacial score (nSPS) is 52.2. The van der Waals surface area contributed by atoms with E-state index in [9.17, 15) is 14.7 Å². The van der Waals surface area contributed by atoms with Crippen LogP contribution in [0.15, 0.2) is 22.8 Å². The van der Waals surface area contributed by atoms with Crippen molar-refractivity contribution in [3.63, 3.8) is 0 Å². The van der Waals surface area contributed by atoms with E-state index in [2.05, 4.69) is 0 Å². The third-order valence-electron chi connectivity index (χ3n) is 9.17. The second kappa shape index (κ2) is 6.65. The molecule has 1 N–H and O–H groups in total. The van der Waals surface area contributed by atoms with Crippen molar-refractivity contribution in [1.82, 2.24) is 0 Å². The molecule has 0 amide bonds. The lowest BCUT2D eigenvalue weighted by molar-refractivity contribution is -0.254. The van der Waals surface area contributed by atoms with E-state index in [1.807, 2.05) is 0 Å². The zero-order valence-electron chi connectivity index (χ0n) is 19.3. The van der Waals surface area contributed by atoms with Crippen LogP contribution >= 0.6 is 11.6 Å². The Labute approximate surface area is 196 Å². The number of aliphatic hydroxyl groups excluding tert-OH is 1. The van der Waals surface area contributed by atoms with E-state index in [0.717, 1.165) is 6.08 Å². The summed E-state index contributed by atoms with van der Waals surface area (Å²) in [6, 6.07) is 0. The second-order valence-electron chi connectivity index (χ2n) is 11.1. The summed E-state index contributed by atoms with van der Waals surface area (Å²) in [5.41, 5.74) is -6.56. The van der Waals surface area contributed by atoms with Crippen molar-refractivity contribution in [1.29, 1.82) is 0 Å². The van der Waals surface area contributed by atoms with Crippen molar-refractivity contribution >= 4 is 23.4 Å². The van der Waals surface area contributed by atoms with E-state index in [0.29, 0.717) is 0 Å². The molecule has 0 spiro atoms. The highest BCUT2D eigenvalue weighted by Crippen LogP contribution is 2.72. The number of hydrogen-bond acceptors (Lipinski definition) is 6. The van der Waals surface area contributed by atoms with Crippen LogP contribution in [0.25, 0.3) is 0 Å². The average Bonchev–Trinajstić information content (AvgIpc) is 3.12. The van der Waals surface area contributed by atoms with Crippen LogP contribution in [0.4, 0.5) is 8.78 Å². The van der Waals surface area contributed by atoms with Gasteiger partial charge in [0.25, 0.3) is 0 Å². The number of allylic oxidation sites excluding steroid dienone is 4. The number of methoxy groups -OCH3 is 1. The zero-order chi connectivity index (χ0) is 24.4. The molecule has 0 aromatic rings. The van der Waals surface area contributed by atoms with Gasteiger partial charge in [-0.15, -0.1) is 0 Å². The van der Waals surface area contributed by atoms with Crippen LogP contribution in [-0.4, -0.2) is 59.4 Å². The van der Waals surface area contributed by atoms with Crippen LogP contribution in [0, 0.1) is 22.7 Å². The Kier molecular flexibility index (Phi) is 4.72. The molecule has 1 saturated heterocycles. The van der Waals surface area contributed by atoms with Gasteiger partial charge < -0.3 is 19.3 Å². The molecule has 5 rings (SSSR count). The number of aliphatic hydroxyl groups is 1. The summed E-state index contributed by atoms with van der Waals surface area (Å²) in [5.74, 6) is -3.83. The van der Waals surface area contributed by atoms with Crippen molar-refractivity contribution in [2.75, 3.05) is 7.11 Å². The van der Waals surface area contributed by atoms with Crippen molar-refractivity contribution in [3.8, 4) is 0 Å². The molecule has 33 heavy (non-hydrogen) atoms. The fraction of sp³-hybridized carbons (Fsp3) is 0.750. The number of fused-ring (bicyclic) bond motifs is 7. The molecule has 0 unspecified atom stereocenters. The molecule has 0 aromatic carbocycles. The van der Waals surface area contributed by atoms with Gasteiger partial charge in [-0.3, -0.25) is 4.79 Å². The molecule has 5 aliphatic rings. The predicted molar refractivity (Wildman–Crippen MR) is 114 cm³/mol. The summed E-state index contributed by atoms with van der Waals surface area (Å²) in [4.78, 5) is 25.3. The number of halogens is 3. The van der Waals surface area contributed by atoms with E-state index in [1.165, 1.54) is 20.1 Å². The van der Waals surface area contributed by atoms with Gasteiger partial charge in [0.05, 0.1) is 18.2 Å². The van der Waals surface area contributed by atoms with E-state index < -0.39 is 69.9 Å². The van der Waals surface area contributed by atoms with E-state index in [1.54, 1.807) is 20.8 Å². The first-order chi connectivity index (χ1) is 15.2. The minimum absolute atomic E-state index is 0.00666. The molecule has 4 fully saturated rings. The fourth-order valence-corrected chi connectivity index (χ4v) is 8.13. The molecular weight excluding hydrogens is 458 g/mol. The monoisotopic (exact) mass is 486 g/mol. The summed E-state index contributed by atoms with van der Waals surface area (Å²) in [7, 11) is 1.25. The van der Waals surface area contributed by atoms with Crippen LogP contribution in [0.1, 0.15) is 47.0 Å².